The molecule has 0 unspecified atom stereocenters. The molecule has 0 spiro atoms. The van der Waals surface area contributed by atoms with E-state index in [0.29, 0.717) is 54.5 Å². The fourth-order valence-corrected chi connectivity index (χ4v) is 11.6. The van der Waals surface area contributed by atoms with E-state index in [0.717, 1.165) is 34.9 Å². The van der Waals surface area contributed by atoms with Crippen LogP contribution >= 0.6 is 11.8 Å². The molecule has 10 N–H and O–H groups in total. The molecule has 2 aliphatic heterocycles. The summed E-state index contributed by atoms with van der Waals surface area (Å²) in [7, 11) is -10.4. The van der Waals surface area contributed by atoms with Crippen LogP contribution < -0.4 is 40.2 Å². The lowest BCUT2D eigenvalue weighted by molar-refractivity contribution is -0.277. The molecule has 428 valence electrons. The van der Waals surface area contributed by atoms with Gasteiger partial charge in [-0.25, -0.2) is 21.4 Å². The number of hydrogen-bond donors (Lipinski definition) is 10. The van der Waals surface area contributed by atoms with Gasteiger partial charge in [0.25, 0.3) is 0 Å². The van der Waals surface area contributed by atoms with Crippen LogP contribution in [0.15, 0.2) is 93.1 Å². The van der Waals surface area contributed by atoms with Gasteiger partial charge in [-0.15, -0.1) is 11.8 Å². The summed E-state index contributed by atoms with van der Waals surface area (Å²) in [5, 5.41) is 67.2. The predicted octanol–water partition coefficient (Wildman–Crippen LogP) is 0.515. The zero-order valence-electron chi connectivity index (χ0n) is 43.2. The molecule has 1 saturated heterocycles. The number of amides is 3. The highest BCUT2D eigenvalue weighted by Crippen LogP contribution is 2.43. The van der Waals surface area contributed by atoms with Gasteiger partial charge in [0.1, 0.15) is 83.3 Å². The molecule has 3 amide bonds. The van der Waals surface area contributed by atoms with Crippen molar-refractivity contribution in [2.24, 2.45) is 0 Å². The highest BCUT2D eigenvalue weighted by atomic mass is 32.2. The molecule has 3 aromatic carbocycles. The van der Waals surface area contributed by atoms with Crippen LogP contribution in [0.1, 0.15) is 40.5 Å². The second-order valence-corrected chi connectivity index (χ2v) is 22.1. The van der Waals surface area contributed by atoms with Gasteiger partial charge in [-0.05, 0) is 88.7 Å². The van der Waals surface area contributed by atoms with E-state index in [4.69, 9.17) is 19.0 Å². The summed E-state index contributed by atoms with van der Waals surface area (Å²) in [6, 6.07) is 15.5. The first-order chi connectivity index (χ1) is 37.4. The predicted molar refractivity (Wildman–Crippen MR) is 286 cm³/mol. The third kappa shape index (κ3) is 15.3. The van der Waals surface area contributed by atoms with Crippen molar-refractivity contribution in [1.82, 2.24) is 19.9 Å². The Kier molecular flexibility index (Phi) is 21.0. The Morgan fingerprint density at radius 3 is 2.13 bits per heavy atom. The lowest BCUT2D eigenvalue weighted by Crippen LogP contribution is -2.60. The molecule has 2 heterocycles. The zero-order valence-corrected chi connectivity index (χ0v) is 45.7. The third-order valence-electron chi connectivity index (χ3n) is 12.8. The number of carbonyl (C=O) groups is 5. The molecular weight excluding hydrogens is 1100 g/mol. The van der Waals surface area contributed by atoms with Crippen LogP contribution in [0.5, 0.6) is 5.75 Å². The quantitative estimate of drug-likeness (QED) is 0.0205. The van der Waals surface area contributed by atoms with Crippen molar-refractivity contribution in [3.63, 3.8) is 0 Å². The normalized spacial score (nSPS) is 18.3. The number of aliphatic hydroxyl groups is 4. The van der Waals surface area contributed by atoms with Gasteiger partial charge < -0.3 is 69.9 Å². The lowest BCUT2D eigenvalue weighted by Gasteiger charge is -2.39. The molecule has 3 aromatic rings. The molecule has 6 rings (SSSR count). The van der Waals surface area contributed by atoms with E-state index in [1.807, 2.05) is 44.5 Å². The SMILES string of the molecule is CCN(CC)c1ccc2c(-c3ccc(S(=O)(=O)N[C@@H](CCC(=O)N[C@@H](CSCC(=O)Nc4ccc(O[C@H]5O[C@H](CO)[C@@H](O)[C@H](O)[C@@H]5O)cc4)C(=O)NCC(=O)O)C(=O)O)cc3S(=O)(=O)[O-])c3ccc(=[N+](CC)CC)cc-3oc2c1. The molecular formula is C51H62N6O19S3. The fourth-order valence-electron chi connectivity index (χ4n) is 8.69. The van der Waals surface area contributed by atoms with Crippen molar-refractivity contribution in [1.29, 1.82) is 0 Å². The number of aliphatic carboxylic acids is 2. The molecule has 79 heavy (non-hydrogen) atoms. The Labute approximate surface area is 458 Å². The molecule has 3 aliphatic rings. The number of hydrogen-bond acceptors (Lipinski definition) is 19. The Hall–Kier alpha value is -6.73. The van der Waals surface area contributed by atoms with Crippen molar-refractivity contribution in [3.8, 4) is 28.2 Å². The van der Waals surface area contributed by atoms with Gasteiger partial charge in [0, 0.05) is 70.8 Å². The molecule has 0 bridgehead atoms. The summed E-state index contributed by atoms with van der Waals surface area (Å²) < 4.78 is 88.6. The number of nitrogens with one attached hydrogen (secondary N) is 4. The van der Waals surface area contributed by atoms with Gasteiger partial charge in [0.05, 0.1) is 28.2 Å². The first kappa shape index (κ1) is 61.5. The van der Waals surface area contributed by atoms with Gasteiger partial charge >= 0.3 is 11.9 Å². The standard InChI is InChI=1S/C51H62N6O19S3/c1-5-56(6-2)29-11-16-33-38(21-29)75-39-22-30(57(7-3)8-4)12-17-34(39)45(33)35-18-15-32(23-41(35)79(71,72)73)78(69,70)55-36(50(67)68)19-20-42(59)54-37(49(66)52-24-44(61)62)26-77-27-43(60)53-28-9-13-31(14-10-28)74-51-48(65)47(64)46(63)40(25-58)76-51/h9-18,21-23,36-37,40,46-48,51,55,58,63-65H,5-8,19-20,24-27H2,1-4H3,(H5-,52,53,54,59,60,61,62,66,67,68,71,72,73)/t36-,37-,40+,46+,47-,48-,51-/m0/s1. The van der Waals surface area contributed by atoms with Crippen molar-refractivity contribution in [2.45, 2.75) is 93.1 Å². The van der Waals surface area contributed by atoms with Gasteiger partial charge in [0.2, 0.25) is 39.4 Å². The topological polar surface area (TPSA) is 384 Å². The summed E-state index contributed by atoms with van der Waals surface area (Å²) in [5.74, 6) is -5.91. The third-order valence-corrected chi connectivity index (χ3v) is 16.2. The molecule has 1 aliphatic carbocycles. The molecule has 0 aromatic heterocycles. The first-order valence-electron chi connectivity index (χ1n) is 24.9. The van der Waals surface area contributed by atoms with Gasteiger partial charge in [-0.1, -0.05) is 6.07 Å². The van der Waals surface area contributed by atoms with Crippen LogP contribution in [0.4, 0.5) is 11.4 Å². The largest absolute Gasteiger partial charge is 0.744 e. The number of anilines is 2. The van der Waals surface area contributed by atoms with Crippen LogP contribution in [-0.4, -0.2) is 175 Å². The molecule has 0 saturated carbocycles. The Morgan fingerprint density at radius 1 is 0.823 bits per heavy atom. The van der Waals surface area contributed by atoms with Crippen molar-refractivity contribution in [2.75, 3.05) is 61.1 Å². The number of thioether (sulfide) groups is 1. The van der Waals surface area contributed by atoms with E-state index < -0.39 is 128 Å². The van der Waals surface area contributed by atoms with Gasteiger partial charge in [-0.2, -0.15) is 4.72 Å². The average molecular weight is 1160 g/mol. The van der Waals surface area contributed by atoms with E-state index >= 15 is 0 Å². The van der Waals surface area contributed by atoms with Crippen LogP contribution in [0.3, 0.4) is 0 Å². The molecule has 0 radical (unpaired) electrons. The monoisotopic (exact) mass is 1160 g/mol. The molecule has 7 atom stereocenters. The van der Waals surface area contributed by atoms with Crippen molar-refractivity contribution < 1.29 is 89.9 Å². The maximum Gasteiger partial charge on any atom is 0.322 e. The Bertz CT molecular complexity index is 3290. The minimum absolute atomic E-state index is 0.116. The summed E-state index contributed by atoms with van der Waals surface area (Å²) >= 11 is 0.839. The van der Waals surface area contributed by atoms with E-state index in [1.165, 1.54) is 24.3 Å². The lowest BCUT2D eigenvalue weighted by atomic mass is 9.93. The van der Waals surface area contributed by atoms with Crippen LogP contribution in [0, 0.1) is 0 Å². The van der Waals surface area contributed by atoms with E-state index in [9.17, 15) is 70.9 Å². The zero-order chi connectivity index (χ0) is 57.9. The second kappa shape index (κ2) is 27.0. The van der Waals surface area contributed by atoms with Crippen LogP contribution in [0.25, 0.3) is 33.4 Å². The number of carboxylic acids is 2. The summed E-state index contributed by atoms with van der Waals surface area (Å²) in [5.41, 5.74) is 1.89. The number of benzene rings is 4. The fraction of sp³-hybridized carbons (Fsp3) is 0.412. The van der Waals surface area contributed by atoms with Crippen LogP contribution in [0.2, 0.25) is 0 Å². The van der Waals surface area contributed by atoms with E-state index in [1.54, 1.807) is 24.3 Å². The number of ether oxygens (including phenoxy) is 2. The number of carboxylic acid groups (broad SMARTS) is 2. The second-order valence-electron chi connectivity index (χ2n) is 18.0. The minimum atomic E-state index is -5.47. The first-order valence-corrected chi connectivity index (χ1v) is 28.9. The van der Waals surface area contributed by atoms with Crippen molar-refractivity contribution in [3.05, 3.63) is 84.2 Å². The van der Waals surface area contributed by atoms with E-state index in [-0.39, 0.29) is 34.1 Å². The van der Waals surface area contributed by atoms with Crippen LogP contribution in [-0.2, 0) is 48.9 Å². The Morgan fingerprint density at radius 2 is 1.51 bits per heavy atom. The van der Waals surface area contributed by atoms with Gasteiger partial charge in [0.15, 0.2) is 0 Å². The molecule has 28 heteroatoms. The van der Waals surface area contributed by atoms with Gasteiger partial charge in [-0.3, -0.25) is 24.0 Å². The molecule has 1 fully saturated rings. The average Bonchev–Trinajstić information content (AvgIpc) is 3.54. The molecule has 25 nitrogen and oxygen atoms in total. The summed E-state index contributed by atoms with van der Waals surface area (Å²) in [4.78, 5) is 63.2. The number of sulfonamides is 1. The number of nitrogens with zero attached hydrogens (tertiary/aromatic N) is 2. The number of aliphatic hydroxyl groups excluding tert-OH is 4. The number of carbonyl (C=O) groups excluding carboxylic acids is 3. The maximum atomic E-state index is 13.9. The highest BCUT2D eigenvalue weighted by molar-refractivity contribution is 8.00. The van der Waals surface area contributed by atoms with Crippen molar-refractivity contribution >= 4 is 83.9 Å². The number of fused-ring (bicyclic) bond motifs is 2. The minimum Gasteiger partial charge on any atom is -0.744 e. The smallest absolute Gasteiger partial charge is 0.322 e. The van der Waals surface area contributed by atoms with E-state index in [2.05, 4.69) is 25.4 Å². The maximum absolute atomic E-state index is 13.9. The highest BCUT2D eigenvalue weighted by Gasteiger charge is 2.45. The number of rotatable bonds is 26. The summed E-state index contributed by atoms with van der Waals surface area (Å²) in [6.07, 6.45) is -9.05. The Balaban J connectivity index is 1.16. The summed E-state index contributed by atoms with van der Waals surface area (Å²) in [6.45, 7) is 9.04.